The highest BCUT2D eigenvalue weighted by atomic mass is 15.3. The van der Waals surface area contributed by atoms with Crippen LogP contribution >= 0.6 is 0 Å². The summed E-state index contributed by atoms with van der Waals surface area (Å²) in [5.74, 6) is 1.09. The molecule has 11 heavy (non-hydrogen) atoms. The van der Waals surface area contributed by atoms with E-state index in [1.807, 2.05) is 0 Å². The van der Waals surface area contributed by atoms with E-state index in [1.165, 1.54) is 0 Å². The second-order valence-corrected chi connectivity index (χ2v) is 2.41. The van der Waals surface area contributed by atoms with Gasteiger partial charge in [-0.3, -0.25) is 4.68 Å². The average Bonchev–Trinajstić information content (AvgIpc) is 2.17. The van der Waals surface area contributed by atoms with Gasteiger partial charge in [0, 0.05) is 12.6 Å². The maximum Gasteiger partial charge on any atom is 0.150 e. The van der Waals surface area contributed by atoms with Gasteiger partial charge >= 0.3 is 0 Å². The Morgan fingerprint density at radius 1 is 1.45 bits per heavy atom. The minimum absolute atomic E-state index is 0.482. The lowest BCUT2D eigenvalue weighted by atomic mass is 10.2. The molecule has 0 aliphatic heterocycles. The van der Waals surface area contributed by atoms with E-state index in [2.05, 4.69) is 5.10 Å². The lowest BCUT2D eigenvalue weighted by molar-refractivity contribution is 0.782. The number of rotatable bonds is 2. The van der Waals surface area contributed by atoms with Crippen LogP contribution in [0.4, 0.5) is 11.6 Å². The van der Waals surface area contributed by atoms with Crippen LogP contribution in [0.25, 0.3) is 0 Å². The monoisotopic (exact) mass is 155 g/mol. The first kappa shape index (κ1) is 7.87. The topological polar surface area (TPSA) is 95.9 Å². The van der Waals surface area contributed by atoms with Crippen molar-refractivity contribution in [2.24, 2.45) is 12.8 Å². The van der Waals surface area contributed by atoms with Crippen LogP contribution in [0.1, 0.15) is 5.56 Å². The molecule has 0 atom stereocenters. The zero-order chi connectivity index (χ0) is 8.43. The zero-order valence-electron chi connectivity index (χ0n) is 6.54. The van der Waals surface area contributed by atoms with Gasteiger partial charge in [-0.15, -0.1) is 0 Å². The van der Waals surface area contributed by atoms with Gasteiger partial charge in [-0.2, -0.15) is 5.10 Å². The second-order valence-electron chi connectivity index (χ2n) is 2.41. The molecule has 0 radical (unpaired) electrons. The quantitative estimate of drug-likeness (QED) is 0.515. The van der Waals surface area contributed by atoms with Gasteiger partial charge in [0.15, 0.2) is 5.82 Å². The summed E-state index contributed by atoms with van der Waals surface area (Å²) >= 11 is 0. The van der Waals surface area contributed by atoms with Crippen LogP contribution < -0.4 is 17.2 Å². The predicted molar refractivity (Wildman–Crippen MR) is 44.8 cm³/mol. The van der Waals surface area contributed by atoms with Crippen molar-refractivity contribution in [1.29, 1.82) is 0 Å². The molecule has 1 rings (SSSR count). The Kier molecular flexibility index (Phi) is 2.00. The van der Waals surface area contributed by atoms with Crippen molar-refractivity contribution < 1.29 is 0 Å². The summed E-state index contributed by atoms with van der Waals surface area (Å²) in [7, 11) is 1.76. The fourth-order valence-electron chi connectivity index (χ4n) is 1.00. The van der Waals surface area contributed by atoms with Gasteiger partial charge in [0.05, 0.1) is 0 Å². The van der Waals surface area contributed by atoms with Crippen LogP contribution in [-0.2, 0) is 13.5 Å². The molecule has 1 aromatic heterocycles. The zero-order valence-corrected chi connectivity index (χ0v) is 6.54. The van der Waals surface area contributed by atoms with E-state index in [0.717, 1.165) is 5.56 Å². The summed E-state index contributed by atoms with van der Waals surface area (Å²) in [6, 6.07) is 0. The molecule has 0 saturated carbocycles. The van der Waals surface area contributed by atoms with Crippen LogP contribution in [0.3, 0.4) is 0 Å². The number of nitrogen functional groups attached to an aromatic ring is 2. The minimum atomic E-state index is 0.482. The Balaban J connectivity index is 3.02. The molecule has 0 bridgehead atoms. The number of aryl methyl sites for hydroxylation is 1. The molecule has 0 fully saturated rings. The van der Waals surface area contributed by atoms with Crippen molar-refractivity contribution in [3.05, 3.63) is 5.56 Å². The summed E-state index contributed by atoms with van der Waals surface area (Å²) in [5, 5.41) is 3.94. The van der Waals surface area contributed by atoms with E-state index in [-0.39, 0.29) is 0 Å². The largest absolute Gasteiger partial charge is 0.384 e. The highest BCUT2D eigenvalue weighted by Crippen LogP contribution is 2.17. The number of anilines is 2. The van der Waals surface area contributed by atoms with Gasteiger partial charge in [0.25, 0.3) is 0 Å². The van der Waals surface area contributed by atoms with Crippen molar-refractivity contribution in [1.82, 2.24) is 9.78 Å². The number of hydrogen-bond acceptors (Lipinski definition) is 4. The van der Waals surface area contributed by atoms with E-state index in [0.29, 0.717) is 24.6 Å². The third-order valence-electron chi connectivity index (χ3n) is 1.62. The second kappa shape index (κ2) is 2.79. The molecular weight excluding hydrogens is 142 g/mol. The molecular formula is C6H13N5. The van der Waals surface area contributed by atoms with Crippen LogP contribution in [0.15, 0.2) is 0 Å². The summed E-state index contributed by atoms with van der Waals surface area (Å²) in [4.78, 5) is 0. The van der Waals surface area contributed by atoms with E-state index < -0.39 is 0 Å². The van der Waals surface area contributed by atoms with Crippen molar-refractivity contribution in [2.75, 3.05) is 18.0 Å². The van der Waals surface area contributed by atoms with Gasteiger partial charge in [-0.1, -0.05) is 0 Å². The van der Waals surface area contributed by atoms with Crippen molar-refractivity contribution in [3.63, 3.8) is 0 Å². The normalized spacial score (nSPS) is 10.4. The Morgan fingerprint density at radius 3 is 2.45 bits per heavy atom. The Hall–Kier alpha value is -1.23. The van der Waals surface area contributed by atoms with Crippen molar-refractivity contribution >= 4 is 11.6 Å². The molecule has 5 nitrogen and oxygen atoms in total. The van der Waals surface area contributed by atoms with E-state index in [9.17, 15) is 0 Å². The highest BCUT2D eigenvalue weighted by molar-refractivity contribution is 5.54. The fourth-order valence-corrected chi connectivity index (χ4v) is 1.00. The molecule has 0 aromatic carbocycles. The first-order valence-corrected chi connectivity index (χ1v) is 3.43. The summed E-state index contributed by atoms with van der Waals surface area (Å²) < 4.78 is 1.56. The number of nitrogens with zero attached hydrogens (tertiary/aromatic N) is 2. The van der Waals surface area contributed by atoms with Crippen molar-refractivity contribution in [2.45, 2.75) is 6.42 Å². The molecule has 1 heterocycles. The van der Waals surface area contributed by atoms with Crippen LogP contribution in [-0.4, -0.2) is 16.3 Å². The lowest BCUT2D eigenvalue weighted by Crippen LogP contribution is -2.06. The molecule has 0 amide bonds. The number of hydrogen-bond donors (Lipinski definition) is 3. The Morgan fingerprint density at radius 2 is 2.09 bits per heavy atom. The Labute approximate surface area is 65.2 Å². The first-order valence-electron chi connectivity index (χ1n) is 3.43. The smallest absolute Gasteiger partial charge is 0.150 e. The molecule has 0 saturated heterocycles. The number of aromatic nitrogens is 2. The van der Waals surface area contributed by atoms with E-state index in [4.69, 9.17) is 17.2 Å². The lowest BCUT2D eigenvalue weighted by Gasteiger charge is -1.96. The van der Waals surface area contributed by atoms with Gasteiger partial charge in [0.2, 0.25) is 0 Å². The third-order valence-corrected chi connectivity index (χ3v) is 1.62. The fraction of sp³-hybridized carbons (Fsp3) is 0.500. The molecule has 62 valence electrons. The maximum atomic E-state index is 5.65. The van der Waals surface area contributed by atoms with Gasteiger partial charge < -0.3 is 17.2 Å². The maximum absolute atomic E-state index is 5.65. The standard InChI is InChI=1S/C6H13N5/c1-11-6(9)4(2-3-7)5(8)10-11/h2-3,7,9H2,1H3,(H2,8,10). The number of nitrogens with two attached hydrogens (primary N) is 3. The molecule has 0 unspecified atom stereocenters. The van der Waals surface area contributed by atoms with Crippen LogP contribution in [0.5, 0.6) is 0 Å². The van der Waals surface area contributed by atoms with Gasteiger partial charge in [0.1, 0.15) is 5.82 Å². The summed E-state index contributed by atoms with van der Waals surface area (Å²) in [6.45, 7) is 0.542. The summed E-state index contributed by atoms with van der Waals surface area (Å²) in [6.07, 6.45) is 0.686. The minimum Gasteiger partial charge on any atom is -0.384 e. The van der Waals surface area contributed by atoms with E-state index >= 15 is 0 Å². The van der Waals surface area contributed by atoms with Gasteiger partial charge in [-0.05, 0) is 13.0 Å². The summed E-state index contributed by atoms with van der Waals surface area (Å²) in [5.41, 5.74) is 17.4. The molecule has 5 heteroatoms. The predicted octanol–water partition coefficient (Wildman–Crippen LogP) is -0.914. The highest BCUT2D eigenvalue weighted by Gasteiger charge is 2.08. The Bertz CT molecular complexity index is 252. The van der Waals surface area contributed by atoms with Crippen molar-refractivity contribution in [3.8, 4) is 0 Å². The van der Waals surface area contributed by atoms with E-state index in [1.54, 1.807) is 11.7 Å². The molecule has 0 aliphatic rings. The molecule has 1 aromatic rings. The first-order chi connectivity index (χ1) is 5.16. The SMILES string of the molecule is Cn1nc(N)c(CCN)c1N. The molecule has 6 N–H and O–H groups in total. The van der Waals surface area contributed by atoms with Crippen LogP contribution in [0.2, 0.25) is 0 Å². The van der Waals surface area contributed by atoms with Gasteiger partial charge in [-0.25, -0.2) is 0 Å². The molecule has 0 spiro atoms. The average molecular weight is 155 g/mol. The van der Waals surface area contributed by atoms with Crippen LogP contribution in [0, 0.1) is 0 Å². The molecule has 0 aliphatic carbocycles. The third kappa shape index (κ3) is 1.27.